The van der Waals surface area contributed by atoms with Crippen LogP contribution in [-0.4, -0.2) is 42.0 Å². The van der Waals surface area contributed by atoms with Crippen molar-refractivity contribution in [3.63, 3.8) is 0 Å². The normalized spacial score (nSPS) is 11.8. The van der Waals surface area contributed by atoms with Crippen LogP contribution in [-0.2, 0) is 14.3 Å². The maximum absolute atomic E-state index is 12.4. The average molecular weight is 398 g/mol. The third-order valence-corrected chi connectivity index (χ3v) is 5.52. The van der Waals surface area contributed by atoms with E-state index in [2.05, 4.69) is 4.98 Å². The molecule has 1 amide bonds. The first-order chi connectivity index (χ1) is 13.5. The third kappa shape index (κ3) is 5.07. The second kappa shape index (κ2) is 9.32. The molecule has 0 unspecified atom stereocenters. The van der Waals surface area contributed by atoms with Crippen LogP contribution in [0.4, 0.5) is 0 Å². The lowest BCUT2D eigenvalue weighted by atomic mass is 10.3. The smallest absolute Gasteiger partial charge is 0.309 e. The Hall–Kier alpha value is -2.93. The van der Waals surface area contributed by atoms with Crippen LogP contribution >= 0.6 is 11.3 Å². The number of benzene rings is 2. The van der Waals surface area contributed by atoms with Gasteiger partial charge in [-0.2, -0.15) is 0 Å². The molecule has 0 radical (unpaired) electrons. The number of rotatable bonds is 8. The fraction of sp³-hybridized carbons (Fsp3) is 0.286. The molecule has 7 heteroatoms. The molecule has 1 heterocycles. The Balaban J connectivity index is 1.44. The zero-order valence-electron chi connectivity index (χ0n) is 15.8. The number of nitrogens with zero attached hydrogens (tertiary/aromatic N) is 2. The minimum Gasteiger partial charge on any atom is -0.493 e. The summed E-state index contributed by atoms with van der Waals surface area (Å²) in [5, 5.41) is 0.847. The largest absolute Gasteiger partial charge is 0.493 e. The summed E-state index contributed by atoms with van der Waals surface area (Å²) in [4.78, 5) is 30.3. The Morgan fingerprint density at radius 3 is 2.57 bits per heavy atom. The van der Waals surface area contributed by atoms with Crippen LogP contribution < -0.4 is 4.74 Å². The van der Waals surface area contributed by atoms with Crippen LogP contribution in [0.1, 0.15) is 24.4 Å². The van der Waals surface area contributed by atoms with Gasteiger partial charge in [0.15, 0.2) is 6.61 Å². The number of fused-ring (bicyclic) bond motifs is 1. The van der Waals surface area contributed by atoms with Crippen LogP contribution in [0, 0.1) is 0 Å². The van der Waals surface area contributed by atoms with Gasteiger partial charge in [-0.05, 0) is 31.2 Å². The lowest BCUT2D eigenvalue weighted by Crippen LogP contribution is -2.33. The fourth-order valence-corrected chi connectivity index (χ4v) is 3.60. The van der Waals surface area contributed by atoms with E-state index >= 15 is 0 Å². The molecular formula is C21H22N2O4S. The second-order valence-corrected chi connectivity index (χ2v) is 7.33. The predicted octanol–water partition coefficient (Wildman–Crippen LogP) is 3.83. The van der Waals surface area contributed by atoms with Crippen LogP contribution in [0.5, 0.6) is 5.75 Å². The van der Waals surface area contributed by atoms with Crippen molar-refractivity contribution >= 4 is 33.4 Å². The molecule has 0 bridgehead atoms. The van der Waals surface area contributed by atoms with Crippen LogP contribution in [0.25, 0.3) is 10.2 Å². The van der Waals surface area contributed by atoms with Gasteiger partial charge in [-0.15, -0.1) is 11.3 Å². The van der Waals surface area contributed by atoms with Crippen LogP contribution in [0.15, 0.2) is 54.6 Å². The minimum absolute atomic E-state index is 0.0827. The molecule has 0 aliphatic carbocycles. The van der Waals surface area contributed by atoms with Crippen molar-refractivity contribution in [1.29, 1.82) is 0 Å². The number of hydrogen-bond donors (Lipinski definition) is 0. The lowest BCUT2D eigenvalue weighted by Gasteiger charge is -2.23. The number of ether oxygens (including phenoxy) is 2. The van der Waals surface area contributed by atoms with Gasteiger partial charge in [-0.1, -0.05) is 30.3 Å². The number of aromatic nitrogens is 1. The number of likely N-dealkylation sites (N-methyl/N-ethyl adjacent to an activating group) is 1. The molecule has 6 nitrogen and oxygen atoms in total. The number of hydrogen-bond acceptors (Lipinski definition) is 6. The number of amides is 1. The van der Waals surface area contributed by atoms with Gasteiger partial charge in [0.25, 0.3) is 5.91 Å². The summed E-state index contributed by atoms with van der Waals surface area (Å²) in [6, 6.07) is 16.9. The first kappa shape index (κ1) is 19.8. The SMILES string of the molecule is C[C@H](c1nc2ccccc2s1)N(C)C(=O)COC(=O)CCOc1ccccc1. The zero-order valence-corrected chi connectivity index (χ0v) is 16.6. The summed E-state index contributed by atoms with van der Waals surface area (Å²) in [5.41, 5.74) is 0.917. The van der Waals surface area contributed by atoms with Gasteiger partial charge in [0, 0.05) is 7.05 Å². The highest BCUT2D eigenvalue weighted by molar-refractivity contribution is 7.18. The summed E-state index contributed by atoms with van der Waals surface area (Å²) >= 11 is 1.56. The Morgan fingerprint density at radius 2 is 1.82 bits per heavy atom. The predicted molar refractivity (Wildman–Crippen MR) is 108 cm³/mol. The number of carbonyl (C=O) groups excluding carboxylic acids is 2. The minimum atomic E-state index is -0.467. The van der Waals surface area contributed by atoms with E-state index in [-0.39, 0.29) is 31.6 Å². The Bertz CT molecular complexity index is 909. The van der Waals surface area contributed by atoms with Crippen molar-refractivity contribution in [3.05, 3.63) is 59.6 Å². The standard InChI is InChI=1S/C21H22N2O4S/c1-15(21-22-17-10-6-7-11-18(17)28-21)23(2)19(24)14-27-20(25)12-13-26-16-8-4-3-5-9-16/h3-11,15H,12-14H2,1-2H3/t15-/m1/s1. The van der Waals surface area contributed by atoms with Gasteiger partial charge < -0.3 is 14.4 Å². The molecular weight excluding hydrogens is 376 g/mol. The molecule has 146 valence electrons. The van der Waals surface area contributed by atoms with E-state index in [0.29, 0.717) is 5.75 Å². The zero-order chi connectivity index (χ0) is 19.9. The molecule has 0 N–H and O–H groups in total. The topological polar surface area (TPSA) is 68.7 Å². The summed E-state index contributed by atoms with van der Waals surface area (Å²) in [6.07, 6.45) is 0.0827. The lowest BCUT2D eigenvalue weighted by molar-refractivity contribution is -0.152. The van der Waals surface area contributed by atoms with Crippen molar-refractivity contribution in [2.75, 3.05) is 20.3 Å². The van der Waals surface area contributed by atoms with E-state index < -0.39 is 5.97 Å². The van der Waals surface area contributed by atoms with Crippen molar-refractivity contribution < 1.29 is 19.1 Å². The maximum atomic E-state index is 12.4. The number of thiazole rings is 1. The van der Waals surface area contributed by atoms with Gasteiger partial charge in [0.2, 0.25) is 0 Å². The van der Waals surface area contributed by atoms with E-state index in [1.54, 1.807) is 23.3 Å². The quantitative estimate of drug-likeness (QED) is 0.540. The van der Waals surface area contributed by atoms with Gasteiger partial charge in [0.1, 0.15) is 10.8 Å². The molecule has 28 heavy (non-hydrogen) atoms. The first-order valence-electron chi connectivity index (χ1n) is 8.99. The van der Waals surface area contributed by atoms with Crippen molar-refractivity contribution in [3.8, 4) is 5.75 Å². The highest BCUT2D eigenvalue weighted by Gasteiger charge is 2.21. The van der Waals surface area contributed by atoms with Gasteiger partial charge in [0.05, 0.1) is 29.3 Å². The molecule has 1 aromatic heterocycles. The average Bonchev–Trinajstić information content (AvgIpc) is 3.16. The molecule has 1 atom stereocenters. The molecule has 0 spiro atoms. The molecule has 3 aromatic rings. The van der Waals surface area contributed by atoms with Crippen LogP contribution in [0.2, 0.25) is 0 Å². The first-order valence-corrected chi connectivity index (χ1v) is 9.81. The summed E-state index contributed by atoms with van der Waals surface area (Å²) in [7, 11) is 1.69. The van der Waals surface area contributed by atoms with E-state index in [0.717, 1.165) is 15.2 Å². The molecule has 0 saturated heterocycles. The summed E-state index contributed by atoms with van der Waals surface area (Å²) in [6.45, 7) is 1.82. The van der Waals surface area contributed by atoms with Crippen molar-refractivity contribution in [1.82, 2.24) is 9.88 Å². The summed E-state index contributed by atoms with van der Waals surface area (Å²) in [5.74, 6) is -0.0508. The Kier molecular flexibility index (Phi) is 6.60. The molecule has 0 aliphatic rings. The van der Waals surface area contributed by atoms with Gasteiger partial charge in [-0.3, -0.25) is 9.59 Å². The molecule has 0 saturated carbocycles. The Morgan fingerprint density at radius 1 is 1.11 bits per heavy atom. The fourth-order valence-electron chi connectivity index (χ4n) is 2.54. The number of esters is 1. The van der Waals surface area contributed by atoms with Gasteiger partial charge in [-0.25, -0.2) is 4.98 Å². The molecule has 3 rings (SSSR count). The molecule has 2 aromatic carbocycles. The monoisotopic (exact) mass is 398 g/mol. The Labute approximate surface area is 167 Å². The van der Waals surface area contributed by atoms with Crippen LogP contribution in [0.3, 0.4) is 0 Å². The number of carbonyl (C=O) groups is 2. The van der Waals surface area contributed by atoms with E-state index in [1.807, 2.05) is 61.5 Å². The highest BCUT2D eigenvalue weighted by Crippen LogP contribution is 2.28. The number of para-hydroxylation sites is 2. The van der Waals surface area contributed by atoms with E-state index in [1.165, 1.54) is 0 Å². The van der Waals surface area contributed by atoms with E-state index in [4.69, 9.17) is 9.47 Å². The van der Waals surface area contributed by atoms with Crippen molar-refractivity contribution in [2.45, 2.75) is 19.4 Å². The second-order valence-electron chi connectivity index (χ2n) is 6.27. The molecule has 0 aliphatic heterocycles. The third-order valence-electron chi connectivity index (χ3n) is 4.32. The van der Waals surface area contributed by atoms with Crippen molar-refractivity contribution in [2.24, 2.45) is 0 Å². The summed E-state index contributed by atoms with van der Waals surface area (Å²) < 4.78 is 11.6. The van der Waals surface area contributed by atoms with E-state index in [9.17, 15) is 9.59 Å². The molecule has 0 fully saturated rings. The highest BCUT2D eigenvalue weighted by atomic mass is 32.1. The van der Waals surface area contributed by atoms with Gasteiger partial charge >= 0.3 is 5.97 Å². The maximum Gasteiger partial charge on any atom is 0.309 e.